The molecule has 1 aromatic heterocycles. The van der Waals surface area contributed by atoms with Crippen molar-refractivity contribution in [2.75, 3.05) is 11.9 Å². The Balaban J connectivity index is 1.66. The smallest absolute Gasteiger partial charge is 0.330 e. The van der Waals surface area contributed by atoms with Crippen LogP contribution in [0.2, 0.25) is 0 Å². The molecule has 1 aliphatic rings. The van der Waals surface area contributed by atoms with Gasteiger partial charge < -0.3 is 20.3 Å². The number of aliphatic hydroxyl groups excluding tert-OH is 2. The Hall–Kier alpha value is -3.27. The van der Waals surface area contributed by atoms with Crippen molar-refractivity contribution >= 4 is 22.4 Å². The molecule has 0 aliphatic carbocycles. The molecule has 0 saturated carbocycles. The Morgan fingerprint density at radius 1 is 1.21 bits per heavy atom. The summed E-state index contributed by atoms with van der Waals surface area (Å²) in [5.41, 5.74) is -1.24. The van der Waals surface area contributed by atoms with Crippen LogP contribution in [0.25, 0.3) is 10.8 Å². The number of hydrogen-bond donors (Lipinski definition) is 4. The van der Waals surface area contributed by atoms with Crippen molar-refractivity contribution in [1.82, 2.24) is 9.55 Å². The van der Waals surface area contributed by atoms with Gasteiger partial charge in [-0.3, -0.25) is 19.1 Å². The Morgan fingerprint density at radius 3 is 2.72 bits per heavy atom. The first-order valence-corrected chi connectivity index (χ1v) is 9.07. The largest absolute Gasteiger partial charge is 0.394 e. The topological polar surface area (TPSA) is 134 Å². The van der Waals surface area contributed by atoms with Gasteiger partial charge in [0.15, 0.2) is 0 Å². The summed E-state index contributed by atoms with van der Waals surface area (Å²) >= 11 is 0. The maximum Gasteiger partial charge on any atom is 0.330 e. The summed E-state index contributed by atoms with van der Waals surface area (Å²) in [5.74, 6) is -0.502. The highest BCUT2D eigenvalue weighted by Crippen LogP contribution is 2.27. The third kappa shape index (κ3) is 3.58. The molecule has 3 atom stereocenters. The number of aromatic nitrogens is 2. The number of benzene rings is 2. The zero-order valence-corrected chi connectivity index (χ0v) is 15.2. The Morgan fingerprint density at radius 2 is 1.97 bits per heavy atom. The molecule has 0 radical (unpaired) electrons. The number of carbonyl (C=O) groups excluding carboxylic acids is 1. The second-order valence-corrected chi connectivity index (χ2v) is 6.80. The van der Waals surface area contributed by atoms with E-state index in [9.17, 15) is 24.6 Å². The van der Waals surface area contributed by atoms with E-state index in [-0.39, 0.29) is 12.1 Å². The number of hydrogen-bond acceptors (Lipinski definition) is 6. The first-order chi connectivity index (χ1) is 14.0. The summed E-state index contributed by atoms with van der Waals surface area (Å²) in [6.07, 6.45) is -1.40. The van der Waals surface area contributed by atoms with E-state index in [1.807, 2.05) is 24.3 Å². The van der Waals surface area contributed by atoms with Crippen LogP contribution in [0.1, 0.15) is 23.0 Å². The highest BCUT2D eigenvalue weighted by Gasteiger charge is 2.35. The predicted molar refractivity (Wildman–Crippen MR) is 105 cm³/mol. The lowest BCUT2D eigenvalue weighted by molar-refractivity contribution is -0.0458. The quantitative estimate of drug-likeness (QED) is 0.509. The minimum absolute atomic E-state index is 0.0634. The van der Waals surface area contributed by atoms with Gasteiger partial charge in [0, 0.05) is 18.2 Å². The van der Waals surface area contributed by atoms with Crippen molar-refractivity contribution in [2.24, 2.45) is 0 Å². The van der Waals surface area contributed by atoms with Gasteiger partial charge in [-0.05, 0) is 16.8 Å². The number of aliphatic hydroxyl groups is 2. The van der Waals surface area contributed by atoms with E-state index in [4.69, 9.17) is 4.74 Å². The first kappa shape index (κ1) is 19.1. The van der Waals surface area contributed by atoms with Crippen LogP contribution < -0.4 is 16.6 Å². The van der Waals surface area contributed by atoms with Gasteiger partial charge in [-0.2, -0.15) is 0 Å². The maximum absolute atomic E-state index is 12.8. The molecule has 0 spiro atoms. The number of ether oxygens (including phenoxy) is 1. The number of anilines is 1. The van der Waals surface area contributed by atoms with Crippen LogP contribution in [0.15, 0.2) is 58.3 Å². The van der Waals surface area contributed by atoms with Crippen molar-refractivity contribution < 1.29 is 19.7 Å². The van der Waals surface area contributed by atoms with Crippen LogP contribution in [0.4, 0.5) is 5.69 Å². The number of nitrogens with zero attached hydrogens (tertiary/aromatic N) is 1. The number of H-pyrrole nitrogens is 1. The third-order valence-corrected chi connectivity index (χ3v) is 4.94. The molecule has 9 heteroatoms. The van der Waals surface area contributed by atoms with Crippen molar-refractivity contribution in [3.05, 3.63) is 75.1 Å². The van der Waals surface area contributed by atoms with E-state index in [1.165, 1.54) is 6.20 Å². The minimum atomic E-state index is -0.947. The normalized spacial score (nSPS) is 21.4. The predicted octanol–water partition coefficient (Wildman–Crippen LogP) is 0.583. The molecule has 1 fully saturated rings. The number of rotatable bonds is 4. The molecule has 2 aromatic carbocycles. The summed E-state index contributed by atoms with van der Waals surface area (Å²) in [6, 6.07) is 12.6. The van der Waals surface area contributed by atoms with Crippen LogP contribution in [-0.2, 0) is 4.74 Å². The van der Waals surface area contributed by atoms with E-state index < -0.39 is 42.2 Å². The zero-order chi connectivity index (χ0) is 20.5. The van der Waals surface area contributed by atoms with Crippen LogP contribution >= 0.6 is 0 Å². The summed E-state index contributed by atoms with van der Waals surface area (Å²) in [7, 11) is 0. The number of carbonyl (C=O) groups is 1. The van der Waals surface area contributed by atoms with Crippen LogP contribution in [0.5, 0.6) is 0 Å². The molecule has 0 unspecified atom stereocenters. The van der Waals surface area contributed by atoms with Crippen molar-refractivity contribution in [1.29, 1.82) is 0 Å². The van der Waals surface area contributed by atoms with E-state index in [2.05, 4.69) is 10.3 Å². The molecule has 9 nitrogen and oxygen atoms in total. The van der Waals surface area contributed by atoms with Gasteiger partial charge in [-0.15, -0.1) is 0 Å². The molecular formula is C20H19N3O6. The summed E-state index contributed by atoms with van der Waals surface area (Å²) in [5, 5.41) is 23.2. The van der Waals surface area contributed by atoms with Crippen molar-refractivity contribution in [3.63, 3.8) is 0 Å². The Kier molecular flexibility index (Phi) is 5.01. The van der Waals surface area contributed by atoms with Gasteiger partial charge in [-0.25, -0.2) is 4.79 Å². The standard InChI is InChI=1S/C20H19N3O6/c24-10-16-15(25)8-17(29-16)23-9-14(19(27)22-20(23)28)21-18(26)13-7-3-5-11-4-1-2-6-12(11)13/h1-7,9,15-17,24-25H,8,10H2,(H,21,26)(H,22,27,28)/t15-,16+,17+/m0/s1. The second-order valence-electron chi connectivity index (χ2n) is 6.80. The highest BCUT2D eigenvalue weighted by atomic mass is 16.5. The molecule has 1 amide bonds. The molecule has 4 rings (SSSR count). The SMILES string of the molecule is O=C(Nc1cn([C@H]2C[C@H](O)[C@@H](CO)O2)c(=O)[nH]c1=O)c1cccc2ccccc12. The average Bonchev–Trinajstić information content (AvgIpc) is 3.09. The van der Waals surface area contributed by atoms with Gasteiger partial charge in [0.25, 0.3) is 11.5 Å². The molecule has 150 valence electrons. The fraction of sp³-hybridized carbons (Fsp3) is 0.250. The zero-order valence-electron chi connectivity index (χ0n) is 15.2. The fourth-order valence-corrected chi connectivity index (χ4v) is 3.45. The lowest BCUT2D eigenvalue weighted by Crippen LogP contribution is -2.34. The molecular weight excluding hydrogens is 378 g/mol. The molecule has 0 bridgehead atoms. The highest BCUT2D eigenvalue weighted by molar-refractivity contribution is 6.12. The van der Waals surface area contributed by atoms with E-state index in [1.54, 1.807) is 18.2 Å². The van der Waals surface area contributed by atoms with Crippen LogP contribution in [0, 0.1) is 0 Å². The van der Waals surface area contributed by atoms with Gasteiger partial charge in [0.05, 0.1) is 12.7 Å². The third-order valence-electron chi connectivity index (χ3n) is 4.94. The molecule has 2 heterocycles. The second kappa shape index (κ2) is 7.63. The van der Waals surface area contributed by atoms with Gasteiger partial charge >= 0.3 is 5.69 Å². The van der Waals surface area contributed by atoms with Gasteiger partial charge in [-0.1, -0.05) is 36.4 Å². The molecule has 3 aromatic rings. The number of fused-ring (bicyclic) bond motifs is 1. The lowest BCUT2D eigenvalue weighted by Gasteiger charge is -2.15. The van der Waals surface area contributed by atoms with Gasteiger partial charge in [0.1, 0.15) is 18.0 Å². The molecule has 1 aliphatic heterocycles. The molecule has 1 saturated heterocycles. The fourth-order valence-electron chi connectivity index (χ4n) is 3.45. The van der Waals surface area contributed by atoms with E-state index >= 15 is 0 Å². The van der Waals surface area contributed by atoms with Crippen LogP contribution in [0.3, 0.4) is 0 Å². The first-order valence-electron chi connectivity index (χ1n) is 9.07. The average molecular weight is 397 g/mol. The lowest BCUT2D eigenvalue weighted by atomic mass is 10.0. The Bertz CT molecular complexity index is 1180. The number of amides is 1. The summed E-state index contributed by atoms with van der Waals surface area (Å²) < 4.78 is 6.54. The summed E-state index contributed by atoms with van der Waals surface area (Å²) in [6.45, 7) is -0.402. The number of aromatic amines is 1. The molecule has 4 N–H and O–H groups in total. The Labute approximate surface area is 164 Å². The maximum atomic E-state index is 12.8. The monoisotopic (exact) mass is 397 g/mol. The van der Waals surface area contributed by atoms with E-state index in [0.717, 1.165) is 15.3 Å². The molecule has 29 heavy (non-hydrogen) atoms. The minimum Gasteiger partial charge on any atom is -0.394 e. The van der Waals surface area contributed by atoms with Crippen molar-refractivity contribution in [2.45, 2.75) is 24.9 Å². The van der Waals surface area contributed by atoms with Crippen LogP contribution in [-0.4, -0.2) is 44.5 Å². The number of nitrogens with one attached hydrogen (secondary N) is 2. The van der Waals surface area contributed by atoms with Gasteiger partial charge in [0.2, 0.25) is 0 Å². The van der Waals surface area contributed by atoms with E-state index in [0.29, 0.717) is 5.56 Å². The summed E-state index contributed by atoms with van der Waals surface area (Å²) in [4.78, 5) is 39.3. The van der Waals surface area contributed by atoms with Crippen molar-refractivity contribution in [3.8, 4) is 0 Å².